The number of ketones is 1. The predicted octanol–water partition coefficient (Wildman–Crippen LogP) is 4.42. The van der Waals surface area contributed by atoms with E-state index in [4.69, 9.17) is 11.6 Å². The van der Waals surface area contributed by atoms with Crippen LogP contribution in [-0.2, 0) is 0 Å². The molecule has 0 radical (unpaired) electrons. The topological polar surface area (TPSA) is 72.7 Å². The van der Waals surface area contributed by atoms with Gasteiger partial charge in [0.1, 0.15) is 12.1 Å². The molecule has 4 aromatic rings. The molecule has 0 aliphatic carbocycles. The number of rotatable bonds is 4. The molecule has 0 aliphatic rings. The van der Waals surface area contributed by atoms with E-state index in [9.17, 15) is 4.79 Å². The first-order valence-corrected chi connectivity index (χ1v) is 8.32. The Labute approximate surface area is 154 Å². The number of carbonyl (C=O) groups is 1. The van der Waals surface area contributed by atoms with E-state index >= 15 is 0 Å². The fraction of sp³-hybridized carbons (Fsp3) is 0.0526. The summed E-state index contributed by atoms with van der Waals surface area (Å²) >= 11 is 6.08. The summed E-state index contributed by atoms with van der Waals surface area (Å²) in [4.78, 5) is 20.2. The number of fused-ring (bicyclic) bond motifs is 1. The number of anilines is 2. The molecule has 0 spiro atoms. The zero-order valence-corrected chi connectivity index (χ0v) is 14.6. The van der Waals surface area contributed by atoms with Crippen molar-refractivity contribution in [2.75, 3.05) is 5.32 Å². The zero-order valence-electron chi connectivity index (χ0n) is 13.8. The first kappa shape index (κ1) is 16.2. The molecule has 2 aromatic heterocycles. The number of hydrogen-bond donors (Lipinski definition) is 1. The number of hydrogen-bond acceptors (Lipinski definition) is 5. The molecule has 4 rings (SSSR count). The minimum atomic E-state index is 0.00950. The van der Waals surface area contributed by atoms with Gasteiger partial charge in [0.2, 0.25) is 0 Å². The summed E-state index contributed by atoms with van der Waals surface area (Å²) in [7, 11) is 0. The van der Waals surface area contributed by atoms with Crippen LogP contribution in [0.3, 0.4) is 0 Å². The molecular weight excluding hydrogens is 350 g/mol. The molecule has 0 fully saturated rings. The van der Waals surface area contributed by atoms with Crippen molar-refractivity contribution >= 4 is 39.9 Å². The highest BCUT2D eigenvalue weighted by Crippen LogP contribution is 2.25. The fourth-order valence-corrected chi connectivity index (χ4v) is 2.88. The molecule has 0 bridgehead atoms. The molecule has 26 heavy (non-hydrogen) atoms. The Bertz CT molecular complexity index is 1120. The average molecular weight is 364 g/mol. The van der Waals surface area contributed by atoms with Crippen LogP contribution in [0.1, 0.15) is 17.3 Å². The molecule has 0 saturated heterocycles. The van der Waals surface area contributed by atoms with Crippen LogP contribution in [0.2, 0.25) is 5.02 Å². The lowest BCUT2D eigenvalue weighted by Gasteiger charge is -2.08. The molecular formula is C19H14ClN5O. The van der Waals surface area contributed by atoms with Gasteiger partial charge in [-0.1, -0.05) is 29.8 Å². The second kappa shape index (κ2) is 6.57. The van der Waals surface area contributed by atoms with E-state index in [2.05, 4.69) is 20.4 Å². The van der Waals surface area contributed by atoms with Crippen molar-refractivity contribution in [2.24, 2.45) is 0 Å². The number of nitrogens with zero attached hydrogens (tertiary/aromatic N) is 4. The van der Waals surface area contributed by atoms with Crippen molar-refractivity contribution in [3.05, 3.63) is 71.6 Å². The van der Waals surface area contributed by atoms with Gasteiger partial charge in [0.25, 0.3) is 0 Å². The Kier molecular flexibility index (Phi) is 4.10. The summed E-state index contributed by atoms with van der Waals surface area (Å²) in [6, 6.07) is 14.7. The van der Waals surface area contributed by atoms with Crippen LogP contribution in [0, 0.1) is 0 Å². The van der Waals surface area contributed by atoms with Gasteiger partial charge in [-0.3, -0.25) is 4.79 Å². The molecule has 0 atom stereocenters. The van der Waals surface area contributed by atoms with Gasteiger partial charge in [-0.2, -0.15) is 5.10 Å². The van der Waals surface area contributed by atoms with Crippen LogP contribution in [0.5, 0.6) is 0 Å². The predicted molar refractivity (Wildman–Crippen MR) is 101 cm³/mol. The highest BCUT2D eigenvalue weighted by molar-refractivity contribution is 6.30. The van der Waals surface area contributed by atoms with Crippen LogP contribution >= 0.6 is 11.6 Å². The van der Waals surface area contributed by atoms with Gasteiger partial charge in [-0.25, -0.2) is 14.6 Å². The zero-order chi connectivity index (χ0) is 18.1. The monoisotopic (exact) mass is 363 g/mol. The van der Waals surface area contributed by atoms with Gasteiger partial charge >= 0.3 is 0 Å². The van der Waals surface area contributed by atoms with E-state index in [0.29, 0.717) is 22.1 Å². The molecule has 128 valence electrons. The summed E-state index contributed by atoms with van der Waals surface area (Å²) in [5, 5.41) is 9.04. The Balaban J connectivity index is 1.76. The maximum Gasteiger partial charge on any atom is 0.168 e. The maximum atomic E-state index is 11.6. The fourth-order valence-electron chi connectivity index (χ4n) is 2.69. The van der Waals surface area contributed by atoms with Gasteiger partial charge in [0.05, 0.1) is 17.3 Å². The highest BCUT2D eigenvalue weighted by Gasteiger charge is 2.12. The van der Waals surface area contributed by atoms with Gasteiger partial charge in [-0.15, -0.1) is 0 Å². The summed E-state index contributed by atoms with van der Waals surface area (Å²) in [6.45, 7) is 1.54. The van der Waals surface area contributed by atoms with Crippen molar-refractivity contribution in [1.29, 1.82) is 0 Å². The summed E-state index contributed by atoms with van der Waals surface area (Å²) < 4.78 is 1.71. The lowest BCUT2D eigenvalue weighted by Crippen LogP contribution is -2.00. The van der Waals surface area contributed by atoms with Gasteiger partial charge in [0, 0.05) is 16.3 Å². The summed E-state index contributed by atoms with van der Waals surface area (Å²) in [6.07, 6.45) is 3.18. The standard InChI is InChI=1S/C19H14ClN5O/c1-12(26)13-4-2-6-15(8-13)24-18-17-10-23-25(19(17)22-11-21-18)16-7-3-5-14(20)9-16/h2-11H,1H3,(H,21,22,24). The van der Waals surface area contributed by atoms with Gasteiger partial charge < -0.3 is 5.32 Å². The molecule has 0 amide bonds. The van der Waals surface area contributed by atoms with E-state index in [1.54, 1.807) is 29.1 Å². The Morgan fingerprint density at radius 1 is 1.12 bits per heavy atom. The van der Waals surface area contributed by atoms with Crippen molar-refractivity contribution in [3.63, 3.8) is 0 Å². The quantitative estimate of drug-likeness (QED) is 0.543. The third-order valence-electron chi connectivity index (χ3n) is 3.95. The normalized spacial score (nSPS) is 10.8. The first-order valence-electron chi connectivity index (χ1n) is 7.94. The Morgan fingerprint density at radius 2 is 1.96 bits per heavy atom. The first-order chi connectivity index (χ1) is 12.6. The Morgan fingerprint density at radius 3 is 2.77 bits per heavy atom. The molecule has 1 N–H and O–H groups in total. The second-order valence-electron chi connectivity index (χ2n) is 5.76. The molecule has 0 saturated carbocycles. The molecule has 0 aliphatic heterocycles. The third-order valence-corrected chi connectivity index (χ3v) is 4.19. The SMILES string of the molecule is CC(=O)c1cccc(Nc2ncnc3c2cnn3-c2cccc(Cl)c2)c1. The molecule has 2 heterocycles. The minimum Gasteiger partial charge on any atom is -0.339 e. The maximum absolute atomic E-state index is 11.6. The van der Waals surface area contributed by atoms with Crippen molar-refractivity contribution in [1.82, 2.24) is 19.7 Å². The third kappa shape index (κ3) is 3.02. The van der Waals surface area contributed by atoms with E-state index in [0.717, 1.165) is 16.8 Å². The van der Waals surface area contributed by atoms with Crippen LogP contribution in [-0.4, -0.2) is 25.5 Å². The average Bonchev–Trinajstić information content (AvgIpc) is 3.07. The lowest BCUT2D eigenvalue weighted by molar-refractivity contribution is 0.101. The van der Waals surface area contributed by atoms with Crippen molar-refractivity contribution < 1.29 is 4.79 Å². The van der Waals surface area contributed by atoms with Crippen molar-refractivity contribution in [2.45, 2.75) is 6.92 Å². The second-order valence-corrected chi connectivity index (χ2v) is 6.19. The van der Waals surface area contributed by atoms with Crippen LogP contribution in [0.25, 0.3) is 16.7 Å². The van der Waals surface area contributed by atoms with E-state index in [-0.39, 0.29) is 5.78 Å². The number of halogens is 1. The highest BCUT2D eigenvalue weighted by atomic mass is 35.5. The van der Waals surface area contributed by atoms with E-state index in [1.165, 1.54) is 13.3 Å². The number of Topliss-reactive ketones (excluding diaryl/α,β-unsaturated/α-hetero) is 1. The van der Waals surface area contributed by atoms with E-state index in [1.807, 2.05) is 30.3 Å². The number of nitrogens with one attached hydrogen (secondary N) is 1. The van der Waals surface area contributed by atoms with Gasteiger partial charge in [-0.05, 0) is 37.3 Å². The molecule has 6 nitrogen and oxygen atoms in total. The van der Waals surface area contributed by atoms with Crippen LogP contribution in [0.15, 0.2) is 61.1 Å². The molecule has 7 heteroatoms. The molecule has 2 aromatic carbocycles. The number of carbonyl (C=O) groups excluding carboxylic acids is 1. The summed E-state index contributed by atoms with van der Waals surface area (Å²) in [5.74, 6) is 0.624. The largest absolute Gasteiger partial charge is 0.339 e. The molecule has 0 unspecified atom stereocenters. The van der Waals surface area contributed by atoms with Crippen molar-refractivity contribution in [3.8, 4) is 5.69 Å². The Hall–Kier alpha value is -3.25. The number of aromatic nitrogens is 4. The van der Waals surface area contributed by atoms with E-state index < -0.39 is 0 Å². The minimum absolute atomic E-state index is 0.00950. The lowest BCUT2D eigenvalue weighted by atomic mass is 10.1. The smallest absolute Gasteiger partial charge is 0.168 e. The van der Waals surface area contributed by atoms with Crippen LogP contribution < -0.4 is 5.32 Å². The van der Waals surface area contributed by atoms with Crippen LogP contribution in [0.4, 0.5) is 11.5 Å². The summed E-state index contributed by atoms with van der Waals surface area (Å²) in [5.41, 5.74) is 2.88. The van der Waals surface area contributed by atoms with Gasteiger partial charge in [0.15, 0.2) is 11.4 Å². The number of benzene rings is 2.